The molecule has 0 aliphatic carbocycles. The molecule has 0 radical (unpaired) electrons. The van der Waals surface area contributed by atoms with Crippen LogP contribution in [-0.4, -0.2) is 71.6 Å². The number of nitrogens with zero attached hydrogens (tertiary/aromatic N) is 2. The van der Waals surface area contributed by atoms with E-state index in [0.29, 0.717) is 39.1 Å². The van der Waals surface area contributed by atoms with E-state index in [2.05, 4.69) is 11.4 Å². The number of benzene rings is 1. The Balaban J connectivity index is 1.42. The van der Waals surface area contributed by atoms with E-state index in [1.54, 1.807) is 16.2 Å². The maximum Gasteiger partial charge on any atom is 0.264 e. The molecule has 0 saturated carbocycles. The molecule has 1 aromatic carbocycles. The quantitative estimate of drug-likeness (QED) is 0.830. The number of piperazine rings is 1. The molecule has 2 aromatic rings. The molecule has 26 heavy (non-hydrogen) atoms. The van der Waals surface area contributed by atoms with Gasteiger partial charge in [0.05, 0.1) is 17.0 Å². The van der Waals surface area contributed by atoms with Crippen molar-refractivity contribution >= 4 is 33.2 Å². The van der Waals surface area contributed by atoms with Crippen molar-refractivity contribution in [1.29, 1.82) is 0 Å². The molecule has 2 N–H and O–H groups in total. The maximum absolute atomic E-state index is 13.0. The van der Waals surface area contributed by atoms with Gasteiger partial charge in [-0.15, -0.1) is 11.3 Å². The van der Waals surface area contributed by atoms with Gasteiger partial charge in [-0.2, -0.15) is 0 Å². The van der Waals surface area contributed by atoms with Gasteiger partial charge < -0.3 is 20.2 Å². The molecule has 2 aliphatic heterocycles. The van der Waals surface area contributed by atoms with Gasteiger partial charge in [0.2, 0.25) is 5.91 Å². The van der Waals surface area contributed by atoms with E-state index in [1.165, 1.54) is 0 Å². The van der Waals surface area contributed by atoms with Crippen LogP contribution in [0.4, 0.5) is 0 Å². The molecule has 1 aromatic heterocycles. The molecule has 2 amide bonds. The highest BCUT2D eigenvalue weighted by molar-refractivity contribution is 7.21. The second-order valence-electron chi connectivity index (χ2n) is 7.02. The molecule has 138 valence electrons. The monoisotopic (exact) mass is 373 g/mol. The zero-order valence-corrected chi connectivity index (χ0v) is 15.6. The van der Waals surface area contributed by atoms with Crippen molar-refractivity contribution in [2.45, 2.75) is 25.5 Å². The smallest absolute Gasteiger partial charge is 0.264 e. The number of hydrogen-bond donors (Lipinski definition) is 2. The van der Waals surface area contributed by atoms with Gasteiger partial charge in [-0.05, 0) is 30.4 Å². The van der Waals surface area contributed by atoms with Crippen molar-refractivity contribution in [3.63, 3.8) is 0 Å². The molecule has 7 heteroatoms. The summed E-state index contributed by atoms with van der Waals surface area (Å²) < 4.78 is 1.13. The molecule has 0 spiro atoms. The van der Waals surface area contributed by atoms with Crippen molar-refractivity contribution in [1.82, 2.24) is 15.1 Å². The van der Waals surface area contributed by atoms with Gasteiger partial charge in [-0.1, -0.05) is 18.2 Å². The molecule has 6 nitrogen and oxygen atoms in total. The fourth-order valence-corrected chi connectivity index (χ4v) is 4.95. The van der Waals surface area contributed by atoms with Crippen molar-refractivity contribution in [2.24, 2.45) is 0 Å². The number of aliphatic hydroxyl groups is 1. The third-order valence-corrected chi connectivity index (χ3v) is 6.58. The maximum atomic E-state index is 13.0. The lowest BCUT2D eigenvalue weighted by Crippen LogP contribution is -2.54. The van der Waals surface area contributed by atoms with Gasteiger partial charge in [-0.3, -0.25) is 9.59 Å². The van der Waals surface area contributed by atoms with Gasteiger partial charge in [0.15, 0.2) is 0 Å². The number of aryl methyl sites for hydroxylation is 1. The second-order valence-corrected chi connectivity index (χ2v) is 8.07. The number of hydrogen-bond acceptors (Lipinski definition) is 5. The highest BCUT2D eigenvalue weighted by atomic mass is 32.1. The first-order valence-electron chi connectivity index (χ1n) is 9.02. The summed E-state index contributed by atoms with van der Waals surface area (Å²) in [6.07, 6.45) is 0.0293. The summed E-state index contributed by atoms with van der Waals surface area (Å²) in [4.78, 5) is 29.9. The Bertz CT molecular complexity index is 842. The molecule has 2 fully saturated rings. The average Bonchev–Trinajstić information content (AvgIpc) is 3.25. The Morgan fingerprint density at radius 1 is 1.15 bits per heavy atom. The van der Waals surface area contributed by atoms with Gasteiger partial charge >= 0.3 is 0 Å². The standard InChI is InChI=1S/C19H23N3O3S/c1-12-14-4-2-3-5-16(14)26-17(12)19(25)22-8-6-21(7-9-22)18(24)15-10-13(23)11-20-15/h2-5,13,15,20,23H,6-11H2,1H3. The fraction of sp³-hybridized carbons (Fsp3) is 0.474. The van der Waals surface area contributed by atoms with Crippen LogP contribution in [0.5, 0.6) is 0 Å². The van der Waals surface area contributed by atoms with Crippen LogP contribution >= 0.6 is 11.3 Å². The van der Waals surface area contributed by atoms with Gasteiger partial charge in [0, 0.05) is 37.4 Å². The second kappa shape index (κ2) is 6.98. The Morgan fingerprint density at radius 2 is 1.85 bits per heavy atom. The van der Waals surface area contributed by atoms with Crippen LogP contribution in [0.25, 0.3) is 10.1 Å². The van der Waals surface area contributed by atoms with Gasteiger partial charge in [-0.25, -0.2) is 0 Å². The largest absolute Gasteiger partial charge is 0.392 e. The topological polar surface area (TPSA) is 72.9 Å². The van der Waals surface area contributed by atoms with Crippen LogP contribution in [0.1, 0.15) is 21.7 Å². The predicted molar refractivity (Wildman–Crippen MR) is 101 cm³/mol. The molecule has 2 unspecified atom stereocenters. The first kappa shape index (κ1) is 17.5. The lowest BCUT2D eigenvalue weighted by atomic mass is 10.1. The minimum Gasteiger partial charge on any atom is -0.392 e. The predicted octanol–water partition coefficient (Wildman–Crippen LogP) is 1.22. The summed E-state index contributed by atoms with van der Waals surface area (Å²) >= 11 is 1.54. The van der Waals surface area contributed by atoms with Crippen LogP contribution in [0, 0.1) is 6.92 Å². The molecular formula is C19H23N3O3S. The number of fused-ring (bicyclic) bond motifs is 1. The lowest BCUT2D eigenvalue weighted by molar-refractivity contribution is -0.134. The van der Waals surface area contributed by atoms with Crippen molar-refractivity contribution < 1.29 is 14.7 Å². The Morgan fingerprint density at radius 3 is 2.50 bits per heavy atom. The number of rotatable bonds is 2. The van der Waals surface area contributed by atoms with Crippen LogP contribution < -0.4 is 5.32 Å². The minimum absolute atomic E-state index is 0.0340. The highest BCUT2D eigenvalue weighted by Crippen LogP contribution is 2.31. The first-order chi connectivity index (χ1) is 12.5. The minimum atomic E-state index is -0.442. The number of aliphatic hydroxyl groups excluding tert-OH is 1. The number of carbonyl (C=O) groups is 2. The summed E-state index contributed by atoms with van der Waals surface area (Å²) in [6, 6.07) is 7.79. The number of thiophene rings is 1. The first-order valence-corrected chi connectivity index (χ1v) is 9.84. The van der Waals surface area contributed by atoms with Crippen LogP contribution in [0.15, 0.2) is 24.3 Å². The third kappa shape index (κ3) is 3.11. The van der Waals surface area contributed by atoms with Crippen LogP contribution in [0.3, 0.4) is 0 Å². The third-order valence-electron chi connectivity index (χ3n) is 5.32. The normalized spacial score (nSPS) is 23.6. The zero-order chi connectivity index (χ0) is 18.3. The fourth-order valence-electron chi connectivity index (χ4n) is 3.78. The summed E-state index contributed by atoms with van der Waals surface area (Å²) in [5.74, 6) is 0.0944. The van der Waals surface area contributed by atoms with Crippen molar-refractivity contribution in [3.05, 3.63) is 34.7 Å². The Hall–Kier alpha value is -1.96. The molecule has 4 rings (SSSR count). The van der Waals surface area contributed by atoms with E-state index in [0.717, 1.165) is 20.5 Å². The summed E-state index contributed by atoms with van der Waals surface area (Å²) in [6.45, 7) is 4.66. The van der Waals surface area contributed by atoms with E-state index < -0.39 is 6.10 Å². The van der Waals surface area contributed by atoms with Crippen LogP contribution in [-0.2, 0) is 4.79 Å². The van der Waals surface area contributed by atoms with E-state index >= 15 is 0 Å². The number of carbonyl (C=O) groups excluding carboxylic acids is 2. The van der Waals surface area contributed by atoms with E-state index in [-0.39, 0.29) is 17.9 Å². The number of β-amino-alcohol motifs (C(OH)–C–C–N with tert-alkyl or cyclic N) is 1. The highest BCUT2D eigenvalue weighted by Gasteiger charge is 2.34. The molecule has 2 aliphatic rings. The lowest BCUT2D eigenvalue weighted by Gasteiger charge is -2.35. The van der Waals surface area contributed by atoms with Crippen molar-refractivity contribution in [3.8, 4) is 0 Å². The summed E-state index contributed by atoms with van der Waals surface area (Å²) in [5.41, 5.74) is 1.04. The summed E-state index contributed by atoms with van der Waals surface area (Å²) in [7, 11) is 0. The van der Waals surface area contributed by atoms with Gasteiger partial charge in [0.1, 0.15) is 0 Å². The van der Waals surface area contributed by atoms with E-state index in [9.17, 15) is 14.7 Å². The Kier molecular flexibility index (Phi) is 4.69. The molecule has 2 atom stereocenters. The molecule has 2 saturated heterocycles. The van der Waals surface area contributed by atoms with Gasteiger partial charge in [0.25, 0.3) is 5.91 Å². The van der Waals surface area contributed by atoms with Crippen LogP contribution in [0.2, 0.25) is 0 Å². The van der Waals surface area contributed by atoms with Crippen molar-refractivity contribution in [2.75, 3.05) is 32.7 Å². The molecule has 0 bridgehead atoms. The summed E-state index contributed by atoms with van der Waals surface area (Å²) in [5, 5.41) is 13.8. The SMILES string of the molecule is Cc1c(C(=O)N2CCN(C(=O)C3CC(O)CN3)CC2)sc2ccccc12. The van der Waals surface area contributed by atoms with E-state index in [1.807, 2.05) is 30.0 Å². The number of nitrogens with one attached hydrogen (secondary N) is 1. The molecule has 3 heterocycles. The van der Waals surface area contributed by atoms with E-state index in [4.69, 9.17) is 0 Å². The number of amides is 2. The Labute approximate surface area is 156 Å². The molecular weight excluding hydrogens is 350 g/mol. The zero-order valence-electron chi connectivity index (χ0n) is 14.8. The average molecular weight is 373 g/mol.